The van der Waals surface area contributed by atoms with Gasteiger partial charge >= 0.3 is 5.97 Å². The molecule has 0 unspecified atom stereocenters. The van der Waals surface area contributed by atoms with Gasteiger partial charge in [0, 0.05) is 12.7 Å². The van der Waals surface area contributed by atoms with Gasteiger partial charge in [0.2, 0.25) is 0 Å². The zero-order valence-electron chi connectivity index (χ0n) is 19.1. The number of rotatable bonds is 11. The minimum absolute atomic E-state index is 0.156. The van der Waals surface area contributed by atoms with Crippen molar-refractivity contribution in [2.75, 3.05) is 19.8 Å². The number of benzene rings is 1. The lowest BCUT2D eigenvalue weighted by atomic mass is 10.1. The monoisotopic (exact) mass is 433 g/mol. The molecule has 0 aliphatic rings. The number of para-hydroxylation sites is 1. The highest BCUT2D eigenvalue weighted by Crippen LogP contribution is 2.36. The van der Waals surface area contributed by atoms with Gasteiger partial charge in [0.1, 0.15) is 5.75 Å². The van der Waals surface area contributed by atoms with E-state index in [-0.39, 0.29) is 10.7 Å². The highest BCUT2D eigenvalue weighted by atomic mass is 28.4. The number of esters is 1. The van der Waals surface area contributed by atoms with E-state index in [0.29, 0.717) is 24.7 Å². The largest absolute Gasteiger partial charge is 0.493 e. The van der Waals surface area contributed by atoms with E-state index in [1.54, 1.807) is 13.0 Å². The van der Waals surface area contributed by atoms with Crippen LogP contribution in [0.1, 0.15) is 57.4 Å². The Bertz CT molecular complexity index is 810. The number of hydrogen-bond donors (Lipinski definition) is 0. The Labute approximate surface area is 181 Å². The molecule has 0 saturated carbocycles. The fourth-order valence-corrected chi connectivity index (χ4v) is 3.69. The number of nitrogens with zero attached hydrogens (tertiary/aromatic N) is 1. The first kappa shape index (κ1) is 24.1. The summed E-state index contributed by atoms with van der Waals surface area (Å²) in [4.78, 5) is 11.8. The molecule has 0 fully saturated rings. The van der Waals surface area contributed by atoms with Crippen LogP contribution in [0, 0.1) is 0 Å². The molecule has 0 N–H and O–H groups in total. The maximum atomic E-state index is 11.8. The average Bonchev–Trinajstić information content (AvgIpc) is 3.17. The molecule has 1 heterocycles. The van der Waals surface area contributed by atoms with Gasteiger partial charge in [0.05, 0.1) is 18.8 Å². The summed E-state index contributed by atoms with van der Waals surface area (Å²) in [6.07, 6.45) is 3.02. The molecule has 2 rings (SSSR count). The van der Waals surface area contributed by atoms with Gasteiger partial charge in [0.15, 0.2) is 19.8 Å². The van der Waals surface area contributed by atoms with Crippen molar-refractivity contribution in [3.63, 3.8) is 0 Å². The predicted octanol–water partition coefficient (Wildman–Crippen LogP) is 6.09. The molecule has 7 heteroatoms. The van der Waals surface area contributed by atoms with E-state index in [1.165, 1.54) is 0 Å². The number of ether oxygens (including phenoxy) is 2. The Morgan fingerprint density at radius 3 is 2.50 bits per heavy atom. The number of hydrogen-bond acceptors (Lipinski definition) is 6. The summed E-state index contributed by atoms with van der Waals surface area (Å²) in [6, 6.07) is 9.17. The van der Waals surface area contributed by atoms with Crippen LogP contribution < -0.4 is 4.74 Å². The van der Waals surface area contributed by atoms with E-state index in [9.17, 15) is 4.79 Å². The zero-order valence-corrected chi connectivity index (χ0v) is 20.1. The third kappa shape index (κ3) is 6.70. The first-order valence-electron chi connectivity index (χ1n) is 10.7. The summed E-state index contributed by atoms with van der Waals surface area (Å²) in [7, 11) is -1.66. The van der Waals surface area contributed by atoms with Crippen molar-refractivity contribution in [2.45, 2.75) is 65.1 Å². The summed E-state index contributed by atoms with van der Waals surface area (Å²) < 4.78 is 22.5. The second-order valence-electron chi connectivity index (χ2n) is 8.81. The SMILES string of the molecule is CCOC(=O)c1cc(-c2ccccc2OCCCCCO[Si](C)(C)C(C)(C)C)on1. The molecule has 6 nitrogen and oxygen atoms in total. The molecule has 0 amide bonds. The maximum Gasteiger partial charge on any atom is 0.360 e. The van der Waals surface area contributed by atoms with Crippen LogP contribution in [0.5, 0.6) is 5.75 Å². The van der Waals surface area contributed by atoms with Gasteiger partial charge in [-0.05, 0) is 56.5 Å². The second-order valence-corrected chi connectivity index (χ2v) is 13.6. The third-order valence-electron chi connectivity index (χ3n) is 5.46. The minimum Gasteiger partial charge on any atom is -0.493 e. The molecule has 0 spiro atoms. The van der Waals surface area contributed by atoms with Crippen molar-refractivity contribution in [1.82, 2.24) is 5.16 Å². The molecular weight excluding hydrogens is 398 g/mol. The fourth-order valence-electron chi connectivity index (χ4n) is 2.61. The molecule has 0 aliphatic carbocycles. The molecule has 1 aromatic heterocycles. The minimum atomic E-state index is -1.66. The van der Waals surface area contributed by atoms with Gasteiger partial charge in [-0.2, -0.15) is 0 Å². The molecule has 0 bridgehead atoms. The predicted molar refractivity (Wildman–Crippen MR) is 120 cm³/mol. The normalized spacial score (nSPS) is 12.1. The van der Waals surface area contributed by atoms with Gasteiger partial charge in [-0.3, -0.25) is 0 Å². The van der Waals surface area contributed by atoms with Crippen LogP contribution in [0.15, 0.2) is 34.9 Å². The van der Waals surface area contributed by atoms with Crippen molar-refractivity contribution >= 4 is 14.3 Å². The van der Waals surface area contributed by atoms with Gasteiger partial charge in [0.25, 0.3) is 0 Å². The third-order valence-corrected chi connectivity index (χ3v) is 10.0. The van der Waals surface area contributed by atoms with Crippen LogP contribution in [-0.2, 0) is 9.16 Å². The first-order valence-corrected chi connectivity index (χ1v) is 13.6. The molecule has 2 aromatic rings. The highest BCUT2D eigenvalue weighted by Gasteiger charge is 2.36. The van der Waals surface area contributed by atoms with Crippen molar-refractivity contribution in [3.05, 3.63) is 36.0 Å². The Kier molecular flexibility index (Phi) is 8.67. The molecule has 0 aliphatic heterocycles. The molecule has 30 heavy (non-hydrogen) atoms. The number of aromatic nitrogens is 1. The van der Waals surface area contributed by atoms with Crippen LogP contribution in [0.3, 0.4) is 0 Å². The lowest BCUT2D eigenvalue weighted by Crippen LogP contribution is -2.40. The van der Waals surface area contributed by atoms with Crippen LogP contribution in [0.2, 0.25) is 18.1 Å². The Hall–Kier alpha value is -2.12. The van der Waals surface area contributed by atoms with Crippen LogP contribution in [0.25, 0.3) is 11.3 Å². The topological polar surface area (TPSA) is 70.8 Å². The molecular formula is C23H35NO5Si. The fraction of sp³-hybridized carbons (Fsp3) is 0.565. The smallest absolute Gasteiger partial charge is 0.360 e. The number of carbonyl (C=O) groups is 1. The summed E-state index contributed by atoms with van der Waals surface area (Å²) >= 11 is 0. The van der Waals surface area contributed by atoms with E-state index in [1.807, 2.05) is 24.3 Å². The second kappa shape index (κ2) is 10.8. The van der Waals surface area contributed by atoms with Crippen LogP contribution >= 0.6 is 0 Å². The molecule has 1 aromatic carbocycles. The average molecular weight is 434 g/mol. The van der Waals surface area contributed by atoms with Gasteiger partial charge in [-0.15, -0.1) is 0 Å². The van der Waals surface area contributed by atoms with Gasteiger partial charge in [-0.1, -0.05) is 38.1 Å². The lowest BCUT2D eigenvalue weighted by Gasteiger charge is -2.36. The molecule has 0 saturated heterocycles. The van der Waals surface area contributed by atoms with E-state index >= 15 is 0 Å². The number of unbranched alkanes of at least 4 members (excludes halogenated alkanes) is 2. The Morgan fingerprint density at radius 1 is 1.10 bits per heavy atom. The van der Waals surface area contributed by atoms with Crippen molar-refractivity contribution in [3.8, 4) is 17.1 Å². The lowest BCUT2D eigenvalue weighted by molar-refractivity contribution is 0.0514. The summed E-state index contributed by atoms with van der Waals surface area (Å²) in [5.74, 6) is 0.698. The van der Waals surface area contributed by atoms with Crippen molar-refractivity contribution < 1.29 is 23.2 Å². The first-order chi connectivity index (χ1) is 14.2. The quantitative estimate of drug-likeness (QED) is 0.243. The zero-order chi connectivity index (χ0) is 22.2. The Morgan fingerprint density at radius 2 is 1.80 bits per heavy atom. The summed E-state index contributed by atoms with van der Waals surface area (Å²) in [5.41, 5.74) is 0.921. The molecule has 0 atom stereocenters. The Balaban J connectivity index is 1.82. The van der Waals surface area contributed by atoms with E-state index < -0.39 is 14.3 Å². The summed E-state index contributed by atoms with van der Waals surface area (Å²) in [5, 5.41) is 4.05. The molecule has 166 valence electrons. The summed E-state index contributed by atoms with van der Waals surface area (Å²) in [6.45, 7) is 14.8. The van der Waals surface area contributed by atoms with Crippen LogP contribution in [-0.4, -0.2) is 39.3 Å². The molecule has 0 radical (unpaired) electrons. The number of carbonyl (C=O) groups excluding carboxylic acids is 1. The van der Waals surface area contributed by atoms with Crippen molar-refractivity contribution in [1.29, 1.82) is 0 Å². The van der Waals surface area contributed by atoms with Crippen molar-refractivity contribution in [2.24, 2.45) is 0 Å². The standard InChI is InChI=1S/C23H35NO5Si/c1-7-26-22(25)19-17-21(29-24-19)18-13-9-10-14-20(18)27-15-11-8-12-16-28-30(5,6)23(2,3)4/h9-10,13-14,17H,7-8,11-12,15-16H2,1-6H3. The van der Waals surface area contributed by atoms with Crippen LogP contribution in [0.4, 0.5) is 0 Å². The van der Waals surface area contributed by atoms with E-state index in [4.69, 9.17) is 18.4 Å². The van der Waals surface area contributed by atoms with E-state index in [2.05, 4.69) is 39.0 Å². The van der Waals surface area contributed by atoms with Gasteiger partial charge < -0.3 is 18.4 Å². The maximum absolute atomic E-state index is 11.8. The van der Waals surface area contributed by atoms with E-state index in [0.717, 1.165) is 31.4 Å². The van der Waals surface area contributed by atoms with Gasteiger partial charge in [-0.25, -0.2) is 4.79 Å². The highest BCUT2D eigenvalue weighted by molar-refractivity contribution is 6.74.